The van der Waals surface area contributed by atoms with E-state index in [0.717, 1.165) is 18.6 Å². The van der Waals surface area contributed by atoms with Crippen LogP contribution in [0.5, 0.6) is 0 Å². The summed E-state index contributed by atoms with van der Waals surface area (Å²) < 4.78 is 26.2. The molecule has 110 valence electrons. The molecule has 2 atom stereocenters. The third kappa shape index (κ3) is 2.98. The van der Waals surface area contributed by atoms with Gasteiger partial charge in [0.1, 0.15) is 0 Å². The van der Waals surface area contributed by atoms with Gasteiger partial charge in [-0.25, -0.2) is 8.78 Å². The van der Waals surface area contributed by atoms with Crippen LogP contribution in [0.15, 0.2) is 18.2 Å². The molecule has 1 aromatic carbocycles. The summed E-state index contributed by atoms with van der Waals surface area (Å²) in [7, 11) is 0. The molecule has 5 heteroatoms. The zero-order valence-electron chi connectivity index (χ0n) is 11.6. The highest BCUT2D eigenvalue weighted by Crippen LogP contribution is 2.28. The van der Waals surface area contributed by atoms with E-state index in [1.807, 2.05) is 0 Å². The van der Waals surface area contributed by atoms with Crippen LogP contribution in [0.25, 0.3) is 0 Å². The Bertz CT molecular complexity index is 517. The van der Waals surface area contributed by atoms with Gasteiger partial charge in [0.15, 0.2) is 11.6 Å². The first-order valence-corrected chi connectivity index (χ1v) is 6.77. The Kier molecular flexibility index (Phi) is 4.09. The van der Waals surface area contributed by atoms with Crippen LogP contribution in [0.4, 0.5) is 8.78 Å². The average Bonchev–Trinajstić information content (AvgIpc) is 2.78. The van der Waals surface area contributed by atoms with Crippen LogP contribution in [-0.4, -0.2) is 17.1 Å². The number of halogens is 2. The van der Waals surface area contributed by atoms with Crippen LogP contribution in [0.2, 0.25) is 0 Å². The fourth-order valence-corrected chi connectivity index (χ4v) is 2.60. The van der Waals surface area contributed by atoms with Crippen molar-refractivity contribution in [3.63, 3.8) is 0 Å². The highest BCUT2D eigenvalue weighted by atomic mass is 19.2. The molecule has 1 amide bonds. The molecule has 0 bridgehead atoms. The van der Waals surface area contributed by atoms with Crippen molar-refractivity contribution in [2.24, 2.45) is 5.92 Å². The molecule has 2 rings (SSSR count). The van der Waals surface area contributed by atoms with E-state index in [1.54, 1.807) is 13.8 Å². The van der Waals surface area contributed by atoms with E-state index in [-0.39, 0.29) is 5.91 Å². The summed E-state index contributed by atoms with van der Waals surface area (Å²) in [5, 5.41) is 12.5. The number of carbonyl (C=O) groups excluding carboxylic acids is 1. The third-order valence-electron chi connectivity index (χ3n) is 3.89. The van der Waals surface area contributed by atoms with Crippen molar-refractivity contribution in [1.82, 2.24) is 5.32 Å². The van der Waals surface area contributed by atoms with Crippen LogP contribution < -0.4 is 5.32 Å². The van der Waals surface area contributed by atoms with Gasteiger partial charge in [0.25, 0.3) is 0 Å². The maximum atomic E-state index is 13.3. The number of benzene rings is 1. The molecule has 0 spiro atoms. The van der Waals surface area contributed by atoms with Crippen molar-refractivity contribution < 1.29 is 18.7 Å². The predicted molar refractivity (Wildman–Crippen MR) is 70.9 cm³/mol. The van der Waals surface area contributed by atoms with Gasteiger partial charge >= 0.3 is 0 Å². The van der Waals surface area contributed by atoms with Crippen LogP contribution >= 0.6 is 0 Å². The van der Waals surface area contributed by atoms with E-state index in [1.165, 1.54) is 6.07 Å². The number of amides is 1. The third-order valence-corrected chi connectivity index (χ3v) is 3.89. The molecule has 1 aliphatic rings. The van der Waals surface area contributed by atoms with Crippen molar-refractivity contribution in [2.45, 2.75) is 44.8 Å². The first kappa shape index (κ1) is 14.9. The van der Waals surface area contributed by atoms with Crippen LogP contribution in [0.3, 0.4) is 0 Å². The summed E-state index contributed by atoms with van der Waals surface area (Å²) in [5.41, 5.74) is -0.342. The molecule has 2 N–H and O–H groups in total. The number of aliphatic hydroxyl groups is 1. The number of hydrogen-bond acceptors (Lipinski definition) is 2. The van der Waals surface area contributed by atoms with Gasteiger partial charge in [-0.3, -0.25) is 4.79 Å². The summed E-state index contributed by atoms with van der Waals surface area (Å²) in [5.74, 6) is -2.52. The molecule has 0 aliphatic heterocycles. The van der Waals surface area contributed by atoms with Crippen molar-refractivity contribution in [2.75, 3.05) is 0 Å². The number of nitrogens with one attached hydrogen (secondary N) is 1. The molecular formula is C15H19F2NO2. The molecule has 1 fully saturated rings. The second-order valence-electron chi connectivity index (χ2n) is 5.85. The average molecular weight is 283 g/mol. The maximum Gasteiger partial charge on any atom is 0.226 e. The second kappa shape index (κ2) is 5.48. The van der Waals surface area contributed by atoms with Crippen molar-refractivity contribution >= 4 is 5.91 Å². The predicted octanol–water partition coefficient (Wildman–Crippen LogP) is 2.48. The highest BCUT2D eigenvalue weighted by molar-refractivity contribution is 5.80. The summed E-state index contributed by atoms with van der Waals surface area (Å²) in [6, 6.07) is 3.58. The van der Waals surface area contributed by atoms with Gasteiger partial charge in [0.05, 0.1) is 17.6 Å². The minimum atomic E-state index is -0.939. The van der Waals surface area contributed by atoms with E-state index in [4.69, 9.17) is 0 Å². The van der Waals surface area contributed by atoms with Gasteiger partial charge in [0.2, 0.25) is 5.91 Å². The standard InChI is InChI=1S/C15H19F2NO2/c1-15(2,9-6-7-11(16)12(17)8-9)18-14(20)10-4-3-5-13(10)19/h6-8,10,13,19H,3-5H2,1-2H3,(H,18,20). The Hall–Kier alpha value is -1.49. The molecule has 20 heavy (non-hydrogen) atoms. The zero-order valence-corrected chi connectivity index (χ0v) is 11.6. The summed E-state index contributed by atoms with van der Waals surface area (Å²) in [6.45, 7) is 3.44. The van der Waals surface area contributed by atoms with E-state index in [0.29, 0.717) is 18.4 Å². The quantitative estimate of drug-likeness (QED) is 0.895. The van der Waals surface area contributed by atoms with Gasteiger partial charge in [-0.15, -0.1) is 0 Å². The van der Waals surface area contributed by atoms with E-state index < -0.39 is 29.2 Å². The molecule has 1 aliphatic carbocycles. The Morgan fingerprint density at radius 1 is 1.30 bits per heavy atom. The van der Waals surface area contributed by atoms with Gasteiger partial charge < -0.3 is 10.4 Å². The Labute approximate surface area is 117 Å². The van der Waals surface area contributed by atoms with E-state index in [2.05, 4.69) is 5.32 Å². The normalized spacial score (nSPS) is 22.9. The molecule has 2 unspecified atom stereocenters. The number of hydrogen-bond donors (Lipinski definition) is 2. The number of rotatable bonds is 3. The molecule has 3 nitrogen and oxygen atoms in total. The molecule has 0 radical (unpaired) electrons. The monoisotopic (exact) mass is 283 g/mol. The fraction of sp³-hybridized carbons (Fsp3) is 0.533. The summed E-state index contributed by atoms with van der Waals surface area (Å²) in [4.78, 5) is 12.2. The Morgan fingerprint density at radius 3 is 2.55 bits per heavy atom. The second-order valence-corrected chi connectivity index (χ2v) is 5.85. The van der Waals surface area contributed by atoms with Crippen LogP contribution in [0, 0.1) is 17.6 Å². The Balaban J connectivity index is 2.13. The SMILES string of the molecule is CC(C)(NC(=O)C1CCCC1O)c1ccc(F)c(F)c1. The molecule has 0 aromatic heterocycles. The lowest BCUT2D eigenvalue weighted by molar-refractivity contribution is -0.129. The van der Waals surface area contributed by atoms with Crippen LogP contribution in [0.1, 0.15) is 38.7 Å². The van der Waals surface area contributed by atoms with Gasteiger partial charge in [-0.2, -0.15) is 0 Å². The van der Waals surface area contributed by atoms with Gasteiger partial charge in [-0.05, 0) is 50.8 Å². The molecule has 1 aromatic rings. The number of aliphatic hydroxyl groups excluding tert-OH is 1. The van der Waals surface area contributed by atoms with Crippen LogP contribution in [-0.2, 0) is 10.3 Å². The van der Waals surface area contributed by atoms with Crippen molar-refractivity contribution in [1.29, 1.82) is 0 Å². The minimum absolute atomic E-state index is 0.246. The summed E-state index contributed by atoms with van der Waals surface area (Å²) in [6.07, 6.45) is 1.49. The lowest BCUT2D eigenvalue weighted by Crippen LogP contribution is -2.45. The lowest BCUT2D eigenvalue weighted by atomic mass is 9.92. The largest absolute Gasteiger partial charge is 0.392 e. The zero-order chi connectivity index (χ0) is 14.9. The van der Waals surface area contributed by atoms with Gasteiger partial charge in [-0.1, -0.05) is 6.07 Å². The fourth-order valence-electron chi connectivity index (χ4n) is 2.60. The molecular weight excluding hydrogens is 264 g/mol. The van der Waals surface area contributed by atoms with Crippen molar-refractivity contribution in [3.05, 3.63) is 35.4 Å². The first-order chi connectivity index (χ1) is 9.31. The van der Waals surface area contributed by atoms with E-state index >= 15 is 0 Å². The van der Waals surface area contributed by atoms with E-state index in [9.17, 15) is 18.7 Å². The molecule has 1 saturated carbocycles. The summed E-state index contributed by atoms with van der Waals surface area (Å²) >= 11 is 0. The number of carbonyl (C=O) groups is 1. The Morgan fingerprint density at radius 2 is 2.00 bits per heavy atom. The van der Waals surface area contributed by atoms with Crippen molar-refractivity contribution in [3.8, 4) is 0 Å². The smallest absolute Gasteiger partial charge is 0.226 e. The lowest BCUT2D eigenvalue weighted by Gasteiger charge is -2.29. The molecule has 0 heterocycles. The topological polar surface area (TPSA) is 49.3 Å². The highest BCUT2D eigenvalue weighted by Gasteiger charge is 2.34. The first-order valence-electron chi connectivity index (χ1n) is 6.77. The molecule has 0 saturated heterocycles. The minimum Gasteiger partial charge on any atom is -0.392 e. The maximum absolute atomic E-state index is 13.3. The van der Waals surface area contributed by atoms with Gasteiger partial charge in [0, 0.05) is 0 Å².